The molecule has 1 N–H and O–H groups in total. The standard InChI is InChI=1S/C13H21N3/c1-2-4-11(3-1)10-16-8-7-15-13(16)12-5-6-14-9-12/h7-8,11-12,14H,1-6,9-10H2. The molecule has 0 radical (unpaired) electrons. The molecule has 2 heterocycles. The molecule has 1 aliphatic carbocycles. The van der Waals surface area contributed by atoms with Gasteiger partial charge in [-0.3, -0.25) is 0 Å². The van der Waals surface area contributed by atoms with Crippen molar-refractivity contribution in [3.8, 4) is 0 Å². The summed E-state index contributed by atoms with van der Waals surface area (Å²) in [5, 5.41) is 3.43. The molecule has 0 spiro atoms. The van der Waals surface area contributed by atoms with Crippen LogP contribution in [0.4, 0.5) is 0 Å². The van der Waals surface area contributed by atoms with E-state index in [4.69, 9.17) is 0 Å². The molecule has 1 saturated heterocycles. The van der Waals surface area contributed by atoms with Crippen LogP contribution in [-0.2, 0) is 6.54 Å². The van der Waals surface area contributed by atoms with Crippen LogP contribution >= 0.6 is 0 Å². The molecule has 2 aliphatic rings. The molecule has 1 atom stereocenters. The van der Waals surface area contributed by atoms with Crippen LogP contribution in [0.25, 0.3) is 0 Å². The lowest BCUT2D eigenvalue weighted by Crippen LogP contribution is -2.15. The lowest BCUT2D eigenvalue weighted by atomic mass is 10.1. The van der Waals surface area contributed by atoms with E-state index in [0.717, 1.165) is 19.0 Å². The highest BCUT2D eigenvalue weighted by Gasteiger charge is 2.23. The van der Waals surface area contributed by atoms with E-state index in [-0.39, 0.29) is 0 Å². The van der Waals surface area contributed by atoms with E-state index < -0.39 is 0 Å². The van der Waals surface area contributed by atoms with Crippen molar-refractivity contribution in [2.24, 2.45) is 5.92 Å². The van der Waals surface area contributed by atoms with E-state index in [2.05, 4.69) is 21.1 Å². The summed E-state index contributed by atoms with van der Waals surface area (Å²) in [6.45, 7) is 3.47. The molecule has 88 valence electrons. The zero-order valence-electron chi connectivity index (χ0n) is 9.86. The van der Waals surface area contributed by atoms with Crippen LogP contribution < -0.4 is 5.32 Å². The molecule has 0 aromatic carbocycles. The quantitative estimate of drug-likeness (QED) is 0.844. The highest BCUT2D eigenvalue weighted by Crippen LogP contribution is 2.28. The van der Waals surface area contributed by atoms with Crippen LogP contribution in [0.5, 0.6) is 0 Å². The Bertz CT molecular complexity index is 333. The third kappa shape index (κ3) is 2.01. The molecule has 1 saturated carbocycles. The van der Waals surface area contributed by atoms with Gasteiger partial charge in [0.05, 0.1) is 0 Å². The second-order valence-electron chi connectivity index (χ2n) is 5.28. The molecule has 1 unspecified atom stereocenters. The largest absolute Gasteiger partial charge is 0.334 e. The van der Waals surface area contributed by atoms with Crippen LogP contribution in [0.3, 0.4) is 0 Å². The number of nitrogens with one attached hydrogen (secondary N) is 1. The summed E-state index contributed by atoms with van der Waals surface area (Å²) < 4.78 is 2.41. The summed E-state index contributed by atoms with van der Waals surface area (Å²) in [5.41, 5.74) is 0. The molecular weight excluding hydrogens is 198 g/mol. The Morgan fingerprint density at radius 2 is 2.19 bits per heavy atom. The number of imidazole rings is 1. The van der Waals surface area contributed by atoms with Crippen molar-refractivity contribution in [1.29, 1.82) is 0 Å². The maximum Gasteiger partial charge on any atom is 0.113 e. The Balaban J connectivity index is 1.71. The van der Waals surface area contributed by atoms with Gasteiger partial charge in [-0.2, -0.15) is 0 Å². The van der Waals surface area contributed by atoms with Crippen LogP contribution in [0, 0.1) is 5.92 Å². The molecule has 0 bridgehead atoms. The highest BCUT2D eigenvalue weighted by atomic mass is 15.1. The van der Waals surface area contributed by atoms with Gasteiger partial charge in [0.15, 0.2) is 0 Å². The van der Waals surface area contributed by atoms with Crippen molar-refractivity contribution in [3.05, 3.63) is 18.2 Å². The average Bonchev–Trinajstić information content (AvgIpc) is 2.98. The fraction of sp³-hybridized carbons (Fsp3) is 0.769. The maximum absolute atomic E-state index is 4.56. The van der Waals surface area contributed by atoms with Gasteiger partial charge in [-0.05, 0) is 31.7 Å². The fourth-order valence-corrected chi connectivity index (χ4v) is 3.18. The Labute approximate surface area is 97.3 Å². The van der Waals surface area contributed by atoms with Crippen LogP contribution in [0.2, 0.25) is 0 Å². The van der Waals surface area contributed by atoms with Crippen LogP contribution in [0.1, 0.15) is 43.8 Å². The summed E-state index contributed by atoms with van der Waals surface area (Å²) in [6, 6.07) is 0. The van der Waals surface area contributed by atoms with Gasteiger partial charge in [0, 0.05) is 31.4 Å². The predicted octanol–water partition coefficient (Wildman–Crippen LogP) is 2.15. The van der Waals surface area contributed by atoms with Crippen LogP contribution in [-0.4, -0.2) is 22.6 Å². The fourth-order valence-electron chi connectivity index (χ4n) is 3.18. The SMILES string of the molecule is c1cn(CC2CCCC2)c(C2CCNC2)n1. The van der Waals surface area contributed by atoms with Gasteiger partial charge in [0.1, 0.15) is 5.82 Å². The van der Waals surface area contributed by atoms with E-state index in [1.807, 2.05) is 6.20 Å². The monoisotopic (exact) mass is 219 g/mol. The summed E-state index contributed by atoms with van der Waals surface area (Å²) in [6.07, 6.45) is 11.1. The minimum absolute atomic E-state index is 0.649. The summed E-state index contributed by atoms with van der Waals surface area (Å²) in [4.78, 5) is 4.56. The Morgan fingerprint density at radius 3 is 2.94 bits per heavy atom. The average molecular weight is 219 g/mol. The minimum Gasteiger partial charge on any atom is -0.334 e. The molecule has 1 aliphatic heterocycles. The summed E-state index contributed by atoms with van der Waals surface area (Å²) in [5.74, 6) is 2.87. The maximum atomic E-state index is 4.56. The lowest BCUT2D eigenvalue weighted by Gasteiger charge is -2.15. The van der Waals surface area contributed by atoms with E-state index in [0.29, 0.717) is 5.92 Å². The highest BCUT2D eigenvalue weighted by molar-refractivity contribution is 5.04. The topological polar surface area (TPSA) is 29.9 Å². The Kier molecular flexibility index (Phi) is 2.96. The molecule has 1 aromatic heterocycles. The van der Waals surface area contributed by atoms with Crippen molar-refractivity contribution in [1.82, 2.24) is 14.9 Å². The molecule has 3 heteroatoms. The molecule has 3 nitrogen and oxygen atoms in total. The van der Waals surface area contributed by atoms with Crippen molar-refractivity contribution >= 4 is 0 Å². The normalized spacial score (nSPS) is 26.6. The van der Waals surface area contributed by atoms with Crippen molar-refractivity contribution in [2.45, 2.75) is 44.6 Å². The lowest BCUT2D eigenvalue weighted by molar-refractivity contribution is 0.439. The molecule has 3 rings (SSSR count). The van der Waals surface area contributed by atoms with Gasteiger partial charge in [0.25, 0.3) is 0 Å². The Hall–Kier alpha value is -0.830. The minimum atomic E-state index is 0.649. The third-order valence-corrected chi connectivity index (χ3v) is 4.10. The number of hydrogen-bond donors (Lipinski definition) is 1. The number of hydrogen-bond acceptors (Lipinski definition) is 2. The van der Waals surface area contributed by atoms with E-state index >= 15 is 0 Å². The molecular formula is C13H21N3. The molecule has 1 aromatic rings. The smallest absolute Gasteiger partial charge is 0.113 e. The zero-order valence-corrected chi connectivity index (χ0v) is 9.86. The van der Waals surface area contributed by atoms with E-state index in [1.165, 1.54) is 44.5 Å². The van der Waals surface area contributed by atoms with E-state index in [1.54, 1.807) is 0 Å². The van der Waals surface area contributed by atoms with Crippen molar-refractivity contribution in [2.75, 3.05) is 13.1 Å². The first-order valence-electron chi connectivity index (χ1n) is 6.65. The number of aromatic nitrogens is 2. The second kappa shape index (κ2) is 4.58. The first-order valence-corrected chi connectivity index (χ1v) is 6.65. The van der Waals surface area contributed by atoms with Gasteiger partial charge in [-0.1, -0.05) is 12.8 Å². The molecule has 0 amide bonds. The predicted molar refractivity (Wildman–Crippen MR) is 64.4 cm³/mol. The van der Waals surface area contributed by atoms with Crippen molar-refractivity contribution in [3.63, 3.8) is 0 Å². The van der Waals surface area contributed by atoms with Gasteiger partial charge in [-0.25, -0.2) is 4.98 Å². The van der Waals surface area contributed by atoms with Crippen molar-refractivity contribution < 1.29 is 0 Å². The number of rotatable bonds is 3. The first kappa shape index (κ1) is 10.3. The zero-order chi connectivity index (χ0) is 10.8. The Morgan fingerprint density at radius 1 is 1.31 bits per heavy atom. The number of nitrogens with zero attached hydrogens (tertiary/aromatic N) is 2. The molecule has 16 heavy (non-hydrogen) atoms. The first-order chi connectivity index (χ1) is 7.93. The van der Waals surface area contributed by atoms with Gasteiger partial charge >= 0.3 is 0 Å². The summed E-state index contributed by atoms with van der Waals surface area (Å²) >= 11 is 0. The second-order valence-corrected chi connectivity index (χ2v) is 5.28. The van der Waals surface area contributed by atoms with Gasteiger partial charge in [0.2, 0.25) is 0 Å². The molecule has 2 fully saturated rings. The van der Waals surface area contributed by atoms with Gasteiger partial charge in [-0.15, -0.1) is 0 Å². The van der Waals surface area contributed by atoms with Crippen LogP contribution in [0.15, 0.2) is 12.4 Å². The summed E-state index contributed by atoms with van der Waals surface area (Å²) in [7, 11) is 0. The van der Waals surface area contributed by atoms with Gasteiger partial charge < -0.3 is 9.88 Å². The third-order valence-electron chi connectivity index (χ3n) is 4.10. The van der Waals surface area contributed by atoms with E-state index in [9.17, 15) is 0 Å².